The predicted octanol–water partition coefficient (Wildman–Crippen LogP) is -1.86. The first-order valence-electron chi connectivity index (χ1n) is 10.0. The molecule has 4 heteroatoms. The molecule has 0 fully saturated rings. The van der Waals surface area contributed by atoms with Gasteiger partial charge in [-0.05, 0) is 22.1 Å². The molecule has 0 bridgehead atoms. The summed E-state index contributed by atoms with van der Waals surface area (Å²) >= 11 is 0. The van der Waals surface area contributed by atoms with Crippen molar-refractivity contribution in [1.82, 2.24) is 0 Å². The Labute approximate surface area is 226 Å². The van der Waals surface area contributed by atoms with E-state index in [1.165, 1.54) is 27.8 Å². The van der Waals surface area contributed by atoms with Gasteiger partial charge in [-0.1, -0.05) is 118 Å². The average molecular weight is 518 g/mol. The Morgan fingerprint density at radius 1 is 0.594 bits per heavy atom. The van der Waals surface area contributed by atoms with Gasteiger partial charge in [0.1, 0.15) is 0 Å². The molecule has 4 rings (SSSR count). The third-order valence-corrected chi connectivity index (χ3v) is 5.68. The minimum Gasteiger partial charge on any atom is -1.00 e. The SMILES string of the molecule is CC(C)(C)C1=CCC(C(c2ccccc2)(c2ccccc2)c2ccccc2)=[C-]1.[Cl-].[Cl-].[Cl-].[Ti+4]. The Morgan fingerprint density at radius 3 is 1.22 bits per heavy atom. The van der Waals surface area contributed by atoms with Gasteiger partial charge in [-0.25, -0.2) is 17.7 Å². The van der Waals surface area contributed by atoms with Crippen LogP contribution in [-0.4, -0.2) is 0 Å². The molecule has 0 amide bonds. The molecule has 0 aliphatic heterocycles. The zero-order valence-corrected chi connectivity index (χ0v) is 22.4. The average Bonchev–Trinajstić information content (AvgIpc) is 3.22. The molecule has 0 spiro atoms. The summed E-state index contributed by atoms with van der Waals surface area (Å²) in [6.07, 6.45) is 7.13. The summed E-state index contributed by atoms with van der Waals surface area (Å²) in [6.45, 7) is 6.80. The maximum atomic E-state index is 3.85. The first-order chi connectivity index (χ1) is 13.5. The largest absolute Gasteiger partial charge is 4.00 e. The number of hydrogen-bond acceptors (Lipinski definition) is 0. The van der Waals surface area contributed by atoms with Crippen LogP contribution in [0.15, 0.2) is 108 Å². The molecule has 0 saturated heterocycles. The molecule has 0 radical (unpaired) electrons. The first kappa shape index (κ1) is 30.7. The summed E-state index contributed by atoms with van der Waals surface area (Å²) in [5, 5.41) is 0. The van der Waals surface area contributed by atoms with Crippen LogP contribution in [0.5, 0.6) is 0 Å². The summed E-state index contributed by atoms with van der Waals surface area (Å²) in [4.78, 5) is 0. The molecular weight excluding hydrogens is 491 g/mol. The van der Waals surface area contributed by atoms with Crippen molar-refractivity contribution in [3.05, 3.63) is 131 Å². The van der Waals surface area contributed by atoms with Crippen molar-refractivity contribution in [2.24, 2.45) is 5.41 Å². The number of halogens is 3. The van der Waals surface area contributed by atoms with E-state index in [0.717, 1.165) is 6.42 Å². The molecule has 0 heterocycles. The molecule has 0 aromatic heterocycles. The van der Waals surface area contributed by atoms with Crippen molar-refractivity contribution in [3.8, 4) is 0 Å². The van der Waals surface area contributed by atoms with Gasteiger partial charge in [0.15, 0.2) is 0 Å². The van der Waals surface area contributed by atoms with Gasteiger partial charge in [-0.15, -0.1) is 0 Å². The van der Waals surface area contributed by atoms with Crippen LogP contribution in [0, 0.1) is 11.5 Å². The molecule has 32 heavy (non-hydrogen) atoms. The van der Waals surface area contributed by atoms with E-state index in [-0.39, 0.29) is 69.8 Å². The first-order valence-corrected chi connectivity index (χ1v) is 10.0. The van der Waals surface area contributed by atoms with E-state index in [1.54, 1.807) is 0 Å². The Morgan fingerprint density at radius 2 is 0.938 bits per heavy atom. The van der Waals surface area contributed by atoms with E-state index in [1.807, 2.05) is 0 Å². The Hall–Kier alpha value is -1.28. The number of hydrogen-bond donors (Lipinski definition) is 0. The topological polar surface area (TPSA) is 0 Å². The van der Waals surface area contributed by atoms with Crippen LogP contribution in [0.3, 0.4) is 0 Å². The predicted molar refractivity (Wildman–Crippen MR) is 118 cm³/mol. The van der Waals surface area contributed by atoms with E-state index in [2.05, 4.69) is 124 Å². The maximum absolute atomic E-state index is 3.85. The Bertz CT molecular complexity index is 908. The maximum Gasteiger partial charge on any atom is 4.00 e. The van der Waals surface area contributed by atoms with Gasteiger partial charge >= 0.3 is 21.7 Å². The van der Waals surface area contributed by atoms with E-state index in [4.69, 9.17) is 0 Å². The molecule has 0 nitrogen and oxygen atoms in total. The Kier molecular flexibility index (Phi) is 12.3. The van der Waals surface area contributed by atoms with Crippen LogP contribution in [0.25, 0.3) is 0 Å². The molecule has 3 aromatic rings. The third-order valence-electron chi connectivity index (χ3n) is 5.68. The molecule has 0 saturated carbocycles. The molecule has 1 aliphatic carbocycles. The Balaban J connectivity index is 0.00000240. The second kappa shape index (κ2) is 12.8. The fourth-order valence-electron chi connectivity index (χ4n) is 4.30. The van der Waals surface area contributed by atoms with Gasteiger partial charge in [-0.2, -0.15) is 5.57 Å². The number of allylic oxidation sites excluding steroid dienone is 4. The van der Waals surface area contributed by atoms with Crippen molar-refractivity contribution in [1.29, 1.82) is 0 Å². The quantitative estimate of drug-likeness (QED) is 0.216. The van der Waals surface area contributed by atoms with E-state index in [0.29, 0.717) is 0 Å². The fraction of sp³-hybridized carbons (Fsp3) is 0.214. The standard InChI is InChI=1S/C28H27.3ClH.Ti/c1-27(2,3)25-19-20-26(21-25)28(22-13-7-4-8-14-22,23-15-9-5-10-16-23)24-17-11-6-12-18-24;;;;/h4-19H,20H2,1-3H3;3*1H;/q-1;;;;+4/p-3. The fourth-order valence-corrected chi connectivity index (χ4v) is 4.30. The van der Waals surface area contributed by atoms with Gasteiger partial charge in [0, 0.05) is 5.41 Å². The minimum atomic E-state index is -0.340. The van der Waals surface area contributed by atoms with Crippen molar-refractivity contribution >= 4 is 0 Å². The summed E-state index contributed by atoms with van der Waals surface area (Å²) in [7, 11) is 0. The number of benzene rings is 3. The number of rotatable bonds is 4. The van der Waals surface area contributed by atoms with Crippen LogP contribution in [0.4, 0.5) is 0 Å². The van der Waals surface area contributed by atoms with Crippen LogP contribution in [0.1, 0.15) is 43.9 Å². The van der Waals surface area contributed by atoms with Crippen molar-refractivity contribution in [2.75, 3.05) is 0 Å². The summed E-state index contributed by atoms with van der Waals surface area (Å²) in [5.41, 5.74) is 6.25. The van der Waals surface area contributed by atoms with Gasteiger partial charge in [-0.3, -0.25) is 0 Å². The van der Waals surface area contributed by atoms with Crippen molar-refractivity contribution in [2.45, 2.75) is 32.6 Å². The zero-order valence-electron chi connectivity index (χ0n) is 18.6. The minimum absolute atomic E-state index is 0. The molecule has 0 unspecified atom stereocenters. The van der Waals surface area contributed by atoms with Crippen LogP contribution < -0.4 is 37.2 Å². The second-order valence-corrected chi connectivity index (χ2v) is 8.52. The van der Waals surface area contributed by atoms with Gasteiger partial charge in [0.25, 0.3) is 0 Å². The normalized spacial score (nSPS) is 12.7. The van der Waals surface area contributed by atoms with Gasteiger partial charge in [0.2, 0.25) is 0 Å². The van der Waals surface area contributed by atoms with Gasteiger partial charge in [0.05, 0.1) is 0 Å². The summed E-state index contributed by atoms with van der Waals surface area (Å²) in [5.74, 6) is 0. The van der Waals surface area contributed by atoms with Gasteiger partial charge < -0.3 is 37.2 Å². The van der Waals surface area contributed by atoms with E-state index in [9.17, 15) is 0 Å². The third kappa shape index (κ3) is 5.80. The second-order valence-electron chi connectivity index (χ2n) is 8.52. The molecule has 0 atom stereocenters. The van der Waals surface area contributed by atoms with Crippen LogP contribution in [-0.2, 0) is 27.1 Å². The molecular formula is C28H27Cl3Ti. The van der Waals surface area contributed by atoms with Crippen molar-refractivity contribution < 1.29 is 58.9 Å². The smallest absolute Gasteiger partial charge is 1.00 e. The molecule has 3 aromatic carbocycles. The summed E-state index contributed by atoms with van der Waals surface area (Å²) < 4.78 is 0. The molecule has 164 valence electrons. The van der Waals surface area contributed by atoms with E-state index < -0.39 is 0 Å². The molecule has 0 N–H and O–H groups in total. The zero-order chi connectivity index (χ0) is 19.6. The molecule has 1 aliphatic rings. The monoisotopic (exact) mass is 516 g/mol. The van der Waals surface area contributed by atoms with Crippen LogP contribution >= 0.6 is 0 Å². The van der Waals surface area contributed by atoms with E-state index >= 15 is 0 Å². The van der Waals surface area contributed by atoms with Crippen LogP contribution in [0.2, 0.25) is 0 Å². The van der Waals surface area contributed by atoms with Crippen molar-refractivity contribution in [3.63, 3.8) is 0 Å². The summed E-state index contributed by atoms with van der Waals surface area (Å²) in [6, 6.07) is 32.7.